The summed E-state index contributed by atoms with van der Waals surface area (Å²) in [6, 6.07) is 12.3. The summed E-state index contributed by atoms with van der Waals surface area (Å²) in [5.74, 6) is 0.0763. The molecule has 0 radical (unpaired) electrons. The first-order chi connectivity index (χ1) is 9.93. The van der Waals surface area contributed by atoms with Gasteiger partial charge < -0.3 is 4.90 Å². The molecule has 0 heterocycles. The number of carbonyl (C=O) groups excluding carboxylic acids is 1. The second-order valence-electron chi connectivity index (χ2n) is 5.66. The summed E-state index contributed by atoms with van der Waals surface area (Å²) in [6.07, 6.45) is 0. The number of amides is 1. The van der Waals surface area contributed by atoms with Crippen LogP contribution in [0.2, 0.25) is 0 Å². The molecule has 0 saturated carbocycles. The molecule has 0 saturated heterocycles. The third-order valence-corrected chi connectivity index (χ3v) is 3.84. The van der Waals surface area contributed by atoms with Gasteiger partial charge in [-0.25, -0.2) is 0 Å². The third-order valence-electron chi connectivity index (χ3n) is 3.84. The largest absolute Gasteiger partial charge is 0.308 e. The smallest absolute Gasteiger partial charge is 0.258 e. The van der Waals surface area contributed by atoms with E-state index in [4.69, 9.17) is 0 Å². The molecule has 0 N–H and O–H groups in total. The Balaban J connectivity index is 2.48. The van der Waals surface area contributed by atoms with Crippen molar-refractivity contribution in [1.29, 1.82) is 0 Å². The lowest BCUT2D eigenvalue weighted by molar-refractivity contribution is 0.0987. The standard InChI is InChI=1S/C19H23NO/c1-6-20(18-12-14(3)8-10-16(18)5)19(21)17-11-13(2)7-9-15(17)4/h7-12H,6H2,1-5H3. The molecular weight excluding hydrogens is 258 g/mol. The Kier molecular flexibility index (Phi) is 4.46. The van der Waals surface area contributed by atoms with Crippen LogP contribution >= 0.6 is 0 Å². The fourth-order valence-electron chi connectivity index (χ4n) is 2.55. The third kappa shape index (κ3) is 3.15. The predicted molar refractivity (Wildman–Crippen MR) is 89.2 cm³/mol. The molecule has 0 spiro atoms. The number of hydrogen-bond donors (Lipinski definition) is 0. The Morgan fingerprint density at radius 2 is 1.48 bits per heavy atom. The summed E-state index contributed by atoms with van der Waals surface area (Å²) in [5.41, 5.74) is 6.22. The molecule has 0 atom stereocenters. The molecular formula is C19H23NO. The Morgan fingerprint density at radius 3 is 2.10 bits per heavy atom. The fourth-order valence-corrected chi connectivity index (χ4v) is 2.55. The van der Waals surface area contributed by atoms with Gasteiger partial charge >= 0.3 is 0 Å². The number of aryl methyl sites for hydroxylation is 4. The Bertz CT molecular complexity index is 673. The number of anilines is 1. The molecule has 2 aromatic rings. The van der Waals surface area contributed by atoms with Crippen molar-refractivity contribution in [3.8, 4) is 0 Å². The molecule has 0 fully saturated rings. The van der Waals surface area contributed by atoms with Crippen LogP contribution in [0.1, 0.15) is 39.5 Å². The molecule has 2 rings (SSSR count). The van der Waals surface area contributed by atoms with Crippen molar-refractivity contribution in [2.45, 2.75) is 34.6 Å². The molecule has 1 amide bonds. The van der Waals surface area contributed by atoms with Crippen LogP contribution in [0, 0.1) is 27.7 Å². The van der Waals surface area contributed by atoms with Crippen molar-refractivity contribution in [3.63, 3.8) is 0 Å². The van der Waals surface area contributed by atoms with E-state index >= 15 is 0 Å². The molecule has 0 unspecified atom stereocenters. The lowest BCUT2D eigenvalue weighted by atomic mass is 10.0. The van der Waals surface area contributed by atoms with Gasteiger partial charge in [0.1, 0.15) is 0 Å². The van der Waals surface area contributed by atoms with Crippen LogP contribution in [0.5, 0.6) is 0 Å². The van der Waals surface area contributed by atoms with E-state index in [1.165, 1.54) is 5.56 Å². The van der Waals surface area contributed by atoms with Crippen molar-refractivity contribution in [3.05, 3.63) is 64.2 Å². The number of hydrogen-bond acceptors (Lipinski definition) is 1. The van der Waals surface area contributed by atoms with Crippen molar-refractivity contribution in [2.24, 2.45) is 0 Å². The first kappa shape index (κ1) is 15.3. The second kappa shape index (κ2) is 6.13. The van der Waals surface area contributed by atoms with Gasteiger partial charge in [0.2, 0.25) is 0 Å². The van der Waals surface area contributed by atoms with E-state index < -0.39 is 0 Å². The topological polar surface area (TPSA) is 20.3 Å². The van der Waals surface area contributed by atoms with Gasteiger partial charge in [0.25, 0.3) is 5.91 Å². The summed E-state index contributed by atoms with van der Waals surface area (Å²) < 4.78 is 0. The van der Waals surface area contributed by atoms with Crippen LogP contribution in [-0.4, -0.2) is 12.5 Å². The van der Waals surface area contributed by atoms with Crippen LogP contribution in [0.25, 0.3) is 0 Å². The van der Waals surface area contributed by atoms with E-state index in [0.29, 0.717) is 6.54 Å². The summed E-state index contributed by atoms with van der Waals surface area (Å²) in [4.78, 5) is 14.8. The van der Waals surface area contributed by atoms with Crippen LogP contribution in [0.15, 0.2) is 36.4 Å². The van der Waals surface area contributed by atoms with Crippen molar-refractivity contribution in [2.75, 3.05) is 11.4 Å². The summed E-state index contributed by atoms with van der Waals surface area (Å²) in [5, 5.41) is 0. The Labute approximate surface area is 127 Å². The minimum Gasteiger partial charge on any atom is -0.308 e. The molecule has 0 bridgehead atoms. The minimum atomic E-state index is 0.0763. The molecule has 0 aliphatic carbocycles. The zero-order valence-corrected chi connectivity index (χ0v) is 13.5. The van der Waals surface area contributed by atoms with Gasteiger partial charge in [0.15, 0.2) is 0 Å². The average Bonchev–Trinajstić information content (AvgIpc) is 2.46. The van der Waals surface area contributed by atoms with E-state index in [2.05, 4.69) is 25.1 Å². The summed E-state index contributed by atoms with van der Waals surface area (Å²) in [6.45, 7) is 10.8. The van der Waals surface area contributed by atoms with Crippen LogP contribution in [0.3, 0.4) is 0 Å². The summed E-state index contributed by atoms with van der Waals surface area (Å²) in [7, 11) is 0. The monoisotopic (exact) mass is 281 g/mol. The van der Waals surface area contributed by atoms with Crippen molar-refractivity contribution in [1.82, 2.24) is 0 Å². The van der Waals surface area contributed by atoms with Gasteiger partial charge in [0, 0.05) is 17.8 Å². The zero-order chi connectivity index (χ0) is 15.6. The van der Waals surface area contributed by atoms with Gasteiger partial charge in [-0.05, 0) is 63.4 Å². The minimum absolute atomic E-state index is 0.0763. The molecule has 0 aliphatic rings. The van der Waals surface area contributed by atoms with Gasteiger partial charge in [0.05, 0.1) is 0 Å². The second-order valence-corrected chi connectivity index (χ2v) is 5.66. The lowest BCUT2D eigenvalue weighted by Crippen LogP contribution is -2.31. The highest BCUT2D eigenvalue weighted by atomic mass is 16.2. The lowest BCUT2D eigenvalue weighted by Gasteiger charge is -2.24. The Hall–Kier alpha value is -2.09. The SMILES string of the molecule is CCN(C(=O)c1cc(C)ccc1C)c1cc(C)ccc1C. The average molecular weight is 281 g/mol. The number of benzene rings is 2. The highest BCUT2D eigenvalue weighted by Gasteiger charge is 2.19. The predicted octanol–water partition coefficient (Wildman–Crippen LogP) is 4.59. The van der Waals surface area contributed by atoms with E-state index in [1.54, 1.807) is 0 Å². The summed E-state index contributed by atoms with van der Waals surface area (Å²) >= 11 is 0. The van der Waals surface area contributed by atoms with Crippen LogP contribution in [0.4, 0.5) is 5.69 Å². The first-order valence-corrected chi connectivity index (χ1v) is 7.40. The molecule has 2 heteroatoms. The maximum atomic E-state index is 12.9. The van der Waals surface area contributed by atoms with E-state index in [-0.39, 0.29) is 5.91 Å². The molecule has 110 valence electrons. The van der Waals surface area contributed by atoms with Crippen molar-refractivity contribution >= 4 is 11.6 Å². The van der Waals surface area contributed by atoms with Gasteiger partial charge in [-0.3, -0.25) is 4.79 Å². The molecule has 21 heavy (non-hydrogen) atoms. The number of carbonyl (C=O) groups is 1. The van der Waals surface area contributed by atoms with Crippen LogP contribution < -0.4 is 4.90 Å². The first-order valence-electron chi connectivity index (χ1n) is 7.40. The maximum absolute atomic E-state index is 12.9. The quantitative estimate of drug-likeness (QED) is 0.806. The van der Waals surface area contributed by atoms with Gasteiger partial charge in [-0.15, -0.1) is 0 Å². The maximum Gasteiger partial charge on any atom is 0.258 e. The highest BCUT2D eigenvalue weighted by Crippen LogP contribution is 2.24. The molecule has 0 aromatic heterocycles. The fraction of sp³-hybridized carbons (Fsp3) is 0.316. The van der Waals surface area contributed by atoms with Gasteiger partial charge in [-0.1, -0.05) is 29.8 Å². The molecule has 0 aliphatic heterocycles. The van der Waals surface area contributed by atoms with E-state index in [1.807, 2.05) is 50.8 Å². The highest BCUT2D eigenvalue weighted by molar-refractivity contribution is 6.07. The van der Waals surface area contributed by atoms with Gasteiger partial charge in [-0.2, -0.15) is 0 Å². The Morgan fingerprint density at radius 1 is 0.905 bits per heavy atom. The molecule has 2 nitrogen and oxygen atoms in total. The normalized spacial score (nSPS) is 10.5. The molecule has 2 aromatic carbocycles. The van der Waals surface area contributed by atoms with Crippen LogP contribution in [-0.2, 0) is 0 Å². The number of rotatable bonds is 3. The van der Waals surface area contributed by atoms with E-state index in [0.717, 1.165) is 27.9 Å². The number of nitrogens with zero attached hydrogens (tertiary/aromatic N) is 1. The van der Waals surface area contributed by atoms with E-state index in [9.17, 15) is 4.79 Å². The van der Waals surface area contributed by atoms with Crippen molar-refractivity contribution < 1.29 is 4.79 Å². The zero-order valence-electron chi connectivity index (χ0n) is 13.5.